The minimum absolute atomic E-state index is 0.164. The van der Waals surface area contributed by atoms with Gasteiger partial charge in [-0.05, 0) is 30.7 Å². The number of rotatable bonds is 5. The van der Waals surface area contributed by atoms with Crippen LogP contribution >= 0.6 is 0 Å². The highest BCUT2D eigenvalue weighted by molar-refractivity contribution is 6.04. The molecule has 2 heterocycles. The number of hydrogen-bond acceptors (Lipinski definition) is 4. The second kappa shape index (κ2) is 9.20. The van der Waals surface area contributed by atoms with Gasteiger partial charge in [0.25, 0.3) is 11.5 Å². The summed E-state index contributed by atoms with van der Waals surface area (Å²) >= 11 is 0. The normalized spacial score (nSPS) is 17.6. The van der Waals surface area contributed by atoms with Crippen molar-refractivity contribution >= 4 is 22.6 Å². The molecule has 7 nitrogen and oxygen atoms in total. The first-order valence-electron chi connectivity index (χ1n) is 11.5. The summed E-state index contributed by atoms with van der Waals surface area (Å²) in [5.41, 5.74) is 0.157. The number of carbonyl (C=O) groups excluding carboxylic acids is 2. The van der Waals surface area contributed by atoms with Crippen molar-refractivity contribution in [1.29, 1.82) is 0 Å². The lowest BCUT2D eigenvalue weighted by atomic mass is 10.0. The molecule has 1 saturated heterocycles. The van der Waals surface area contributed by atoms with Crippen LogP contribution in [0.5, 0.6) is 0 Å². The molecule has 0 bridgehead atoms. The van der Waals surface area contributed by atoms with Crippen molar-refractivity contribution in [2.75, 3.05) is 26.2 Å². The second-order valence-corrected chi connectivity index (χ2v) is 9.30. The van der Waals surface area contributed by atoms with E-state index in [1.165, 1.54) is 17.5 Å². The maximum Gasteiger partial charge on any atom is 0.275 e. The molecule has 166 valence electrons. The van der Waals surface area contributed by atoms with Crippen LogP contribution in [0.3, 0.4) is 0 Å². The number of hydrogen-bond donors (Lipinski definition) is 0. The number of benzene rings is 1. The number of aromatic nitrogens is 2. The average Bonchev–Trinajstić information content (AvgIpc) is 3.28. The van der Waals surface area contributed by atoms with E-state index in [0.717, 1.165) is 12.8 Å². The van der Waals surface area contributed by atoms with Gasteiger partial charge in [-0.15, -0.1) is 0 Å². The Kier molecular flexibility index (Phi) is 6.39. The molecule has 1 aromatic heterocycles. The first-order chi connectivity index (χ1) is 14.9. The summed E-state index contributed by atoms with van der Waals surface area (Å²) < 4.78 is 1.42. The molecule has 2 aliphatic rings. The number of piperazine rings is 1. The van der Waals surface area contributed by atoms with Gasteiger partial charge >= 0.3 is 0 Å². The quantitative estimate of drug-likeness (QED) is 0.740. The van der Waals surface area contributed by atoms with Crippen LogP contribution in [-0.2, 0) is 11.3 Å². The summed E-state index contributed by atoms with van der Waals surface area (Å²) in [5.74, 6) is 0.818. The molecule has 0 radical (unpaired) electrons. The van der Waals surface area contributed by atoms with Gasteiger partial charge in [0, 0.05) is 44.5 Å². The van der Waals surface area contributed by atoms with Crippen LogP contribution in [0, 0.1) is 11.8 Å². The van der Waals surface area contributed by atoms with Gasteiger partial charge in [-0.25, -0.2) is 4.68 Å². The van der Waals surface area contributed by atoms with Crippen molar-refractivity contribution in [3.05, 3.63) is 40.3 Å². The third-order valence-electron chi connectivity index (χ3n) is 6.47. The topological polar surface area (TPSA) is 75.5 Å². The molecule has 0 spiro atoms. The van der Waals surface area contributed by atoms with E-state index in [1.54, 1.807) is 17.0 Å². The standard InChI is InChI=1S/C24H32N4O3/c1-17(2)16-28-23(30)20-10-6-5-9-19(20)22(25-28)24(31)27-13-11-26(12-14-27)21(29)15-18-7-3-4-8-18/h5-6,9-10,17-18H,3-4,7-8,11-16H2,1-2H3. The molecule has 1 aliphatic heterocycles. The van der Waals surface area contributed by atoms with Gasteiger partial charge in [0.05, 0.1) is 5.39 Å². The van der Waals surface area contributed by atoms with E-state index in [4.69, 9.17) is 0 Å². The predicted octanol–water partition coefficient (Wildman–Crippen LogP) is 2.92. The monoisotopic (exact) mass is 424 g/mol. The molecule has 1 saturated carbocycles. The maximum atomic E-state index is 13.4. The minimum Gasteiger partial charge on any atom is -0.339 e. The van der Waals surface area contributed by atoms with E-state index >= 15 is 0 Å². The van der Waals surface area contributed by atoms with Crippen LogP contribution < -0.4 is 5.56 Å². The van der Waals surface area contributed by atoms with E-state index in [9.17, 15) is 14.4 Å². The van der Waals surface area contributed by atoms with Crippen LogP contribution in [0.25, 0.3) is 10.8 Å². The van der Waals surface area contributed by atoms with E-state index in [0.29, 0.717) is 61.5 Å². The largest absolute Gasteiger partial charge is 0.339 e. The summed E-state index contributed by atoms with van der Waals surface area (Å²) in [6, 6.07) is 7.18. The van der Waals surface area contributed by atoms with Crippen molar-refractivity contribution in [1.82, 2.24) is 19.6 Å². The first-order valence-corrected chi connectivity index (χ1v) is 11.5. The van der Waals surface area contributed by atoms with Gasteiger partial charge in [0.1, 0.15) is 0 Å². The molecular formula is C24H32N4O3. The Hall–Kier alpha value is -2.70. The SMILES string of the molecule is CC(C)Cn1nc(C(=O)N2CCN(C(=O)CC3CCCC3)CC2)c2ccccc2c1=O. The predicted molar refractivity (Wildman–Crippen MR) is 120 cm³/mol. The van der Waals surface area contributed by atoms with Crippen molar-refractivity contribution in [3.63, 3.8) is 0 Å². The zero-order chi connectivity index (χ0) is 22.0. The fourth-order valence-electron chi connectivity index (χ4n) is 4.76. The van der Waals surface area contributed by atoms with E-state index in [2.05, 4.69) is 5.10 Å². The maximum absolute atomic E-state index is 13.4. The second-order valence-electron chi connectivity index (χ2n) is 9.30. The van der Waals surface area contributed by atoms with E-state index in [1.807, 2.05) is 30.9 Å². The highest BCUT2D eigenvalue weighted by atomic mass is 16.2. The summed E-state index contributed by atoms with van der Waals surface area (Å²) in [6.45, 7) is 6.61. The van der Waals surface area contributed by atoms with Crippen LogP contribution in [0.15, 0.2) is 29.1 Å². The Labute approximate surface area is 183 Å². The van der Waals surface area contributed by atoms with Crippen LogP contribution in [-0.4, -0.2) is 57.6 Å². The van der Waals surface area contributed by atoms with E-state index in [-0.39, 0.29) is 23.3 Å². The Morgan fingerprint density at radius 3 is 2.26 bits per heavy atom. The lowest BCUT2D eigenvalue weighted by molar-refractivity contribution is -0.133. The molecule has 1 aromatic carbocycles. The molecule has 31 heavy (non-hydrogen) atoms. The van der Waals surface area contributed by atoms with Gasteiger partial charge in [-0.2, -0.15) is 5.10 Å². The van der Waals surface area contributed by atoms with Gasteiger partial charge < -0.3 is 9.80 Å². The van der Waals surface area contributed by atoms with Gasteiger partial charge in [-0.1, -0.05) is 44.9 Å². The Bertz CT molecular complexity index is 1020. The van der Waals surface area contributed by atoms with Crippen LogP contribution in [0.4, 0.5) is 0 Å². The molecule has 7 heteroatoms. The molecule has 0 N–H and O–H groups in total. The molecule has 2 amide bonds. The summed E-state index contributed by atoms with van der Waals surface area (Å²) in [4.78, 5) is 42.5. The van der Waals surface area contributed by atoms with Gasteiger partial charge in [0.2, 0.25) is 5.91 Å². The molecule has 2 aromatic rings. The number of fused-ring (bicyclic) bond motifs is 1. The molecule has 4 rings (SSSR count). The van der Waals surface area contributed by atoms with Gasteiger partial charge in [-0.3, -0.25) is 14.4 Å². The minimum atomic E-state index is -0.170. The zero-order valence-corrected chi connectivity index (χ0v) is 18.5. The summed E-state index contributed by atoms with van der Waals surface area (Å²) in [6.07, 6.45) is 5.44. The molecule has 2 fully saturated rings. The molecule has 0 unspecified atom stereocenters. The third kappa shape index (κ3) is 4.65. The molecule has 0 atom stereocenters. The van der Waals surface area contributed by atoms with Crippen LogP contribution in [0.1, 0.15) is 56.4 Å². The lowest BCUT2D eigenvalue weighted by Crippen LogP contribution is -2.51. The Morgan fingerprint density at radius 1 is 1.00 bits per heavy atom. The third-order valence-corrected chi connectivity index (χ3v) is 6.47. The lowest BCUT2D eigenvalue weighted by Gasteiger charge is -2.35. The highest BCUT2D eigenvalue weighted by Gasteiger charge is 2.29. The summed E-state index contributed by atoms with van der Waals surface area (Å²) in [5, 5.41) is 5.59. The number of carbonyl (C=O) groups is 2. The van der Waals surface area contributed by atoms with Crippen molar-refractivity contribution < 1.29 is 9.59 Å². The number of amides is 2. The summed E-state index contributed by atoms with van der Waals surface area (Å²) in [7, 11) is 0. The highest BCUT2D eigenvalue weighted by Crippen LogP contribution is 2.28. The Balaban J connectivity index is 1.50. The fraction of sp³-hybridized carbons (Fsp3) is 0.583. The molecule has 1 aliphatic carbocycles. The van der Waals surface area contributed by atoms with Gasteiger partial charge in [0.15, 0.2) is 5.69 Å². The fourth-order valence-corrected chi connectivity index (χ4v) is 4.76. The van der Waals surface area contributed by atoms with E-state index < -0.39 is 0 Å². The van der Waals surface area contributed by atoms with Crippen molar-refractivity contribution in [2.45, 2.75) is 52.5 Å². The number of nitrogens with zero attached hydrogens (tertiary/aromatic N) is 4. The van der Waals surface area contributed by atoms with Crippen molar-refractivity contribution in [3.8, 4) is 0 Å². The smallest absolute Gasteiger partial charge is 0.275 e. The van der Waals surface area contributed by atoms with Crippen LogP contribution in [0.2, 0.25) is 0 Å². The first kappa shape index (κ1) is 21.5. The van der Waals surface area contributed by atoms with Crippen molar-refractivity contribution in [2.24, 2.45) is 11.8 Å². The average molecular weight is 425 g/mol. The zero-order valence-electron chi connectivity index (χ0n) is 18.5. The Morgan fingerprint density at radius 2 is 1.61 bits per heavy atom. The molecular weight excluding hydrogens is 392 g/mol.